The maximum absolute atomic E-state index is 11.2. The van der Waals surface area contributed by atoms with Crippen LogP contribution in [-0.4, -0.2) is 16.0 Å². The summed E-state index contributed by atoms with van der Waals surface area (Å²) in [6.07, 6.45) is 0.826. The Morgan fingerprint density at radius 2 is 2.11 bits per heavy atom. The van der Waals surface area contributed by atoms with E-state index in [2.05, 4.69) is 0 Å². The Morgan fingerprint density at radius 3 is 2.53 bits per heavy atom. The lowest BCUT2D eigenvalue weighted by atomic mass is 9.91. The Kier molecular flexibility index (Phi) is 5.30. The molecule has 0 saturated carbocycles. The Hall–Kier alpha value is -1.62. The molecular weight excluding hydrogens is 270 g/mol. The molecule has 0 aliphatic rings. The van der Waals surface area contributed by atoms with Gasteiger partial charge in [0.25, 0.3) is 5.69 Å². The molecule has 1 rings (SSSR count). The van der Waals surface area contributed by atoms with Gasteiger partial charge in [-0.1, -0.05) is 31.5 Å². The minimum absolute atomic E-state index is 0.0931. The lowest BCUT2D eigenvalue weighted by Crippen LogP contribution is -2.18. The van der Waals surface area contributed by atoms with E-state index in [0.717, 1.165) is 0 Å². The van der Waals surface area contributed by atoms with Gasteiger partial charge >= 0.3 is 5.97 Å². The Morgan fingerprint density at radius 1 is 1.47 bits per heavy atom. The van der Waals surface area contributed by atoms with Gasteiger partial charge in [-0.3, -0.25) is 14.9 Å². The quantitative estimate of drug-likeness (QED) is 0.640. The van der Waals surface area contributed by atoms with E-state index in [9.17, 15) is 14.9 Å². The summed E-state index contributed by atoms with van der Waals surface area (Å²) in [5.74, 6) is -1.14. The van der Waals surface area contributed by atoms with Crippen molar-refractivity contribution in [2.45, 2.75) is 26.7 Å². The molecule has 0 heterocycles. The van der Waals surface area contributed by atoms with Gasteiger partial charge in [0.1, 0.15) is 0 Å². The number of nitro benzene ring substituents is 1. The normalized spacial score (nSPS) is 12.4. The fourth-order valence-corrected chi connectivity index (χ4v) is 2.17. The zero-order valence-corrected chi connectivity index (χ0v) is 11.6. The second-order valence-corrected chi connectivity index (χ2v) is 5.31. The highest BCUT2D eigenvalue weighted by Gasteiger charge is 2.21. The molecule has 1 atom stereocenters. The van der Waals surface area contributed by atoms with Crippen LogP contribution in [0.3, 0.4) is 0 Å². The summed E-state index contributed by atoms with van der Waals surface area (Å²) in [5, 5.41) is 20.0. The molecule has 1 aromatic carbocycles. The summed E-state index contributed by atoms with van der Waals surface area (Å²) in [4.78, 5) is 21.2. The van der Waals surface area contributed by atoms with Gasteiger partial charge in [-0.15, -0.1) is 0 Å². The van der Waals surface area contributed by atoms with Crippen LogP contribution in [0.5, 0.6) is 0 Å². The number of hydrogen-bond acceptors (Lipinski definition) is 3. The highest BCUT2D eigenvalue weighted by molar-refractivity contribution is 6.31. The lowest BCUT2D eigenvalue weighted by molar-refractivity contribution is -0.384. The van der Waals surface area contributed by atoms with E-state index in [0.29, 0.717) is 12.0 Å². The third-order valence-electron chi connectivity index (χ3n) is 2.82. The molecular formula is C13H16ClNO4. The first-order chi connectivity index (χ1) is 8.81. The van der Waals surface area contributed by atoms with Crippen LogP contribution >= 0.6 is 11.6 Å². The van der Waals surface area contributed by atoms with Gasteiger partial charge in [0.2, 0.25) is 0 Å². The molecule has 104 valence electrons. The van der Waals surface area contributed by atoms with Crippen LogP contribution in [0.15, 0.2) is 18.2 Å². The molecule has 6 heteroatoms. The van der Waals surface area contributed by atoms with Crippen molar-refractivity contribution in [2.24, 2.45) is 11.8 Å². The molecule has 19 heavy (non-hydrogen) atoms. The van der Waals surface area contributed by atoms with E-state index < -0.39 is 16.8 Å². The highest BCUT2D eigenvalue weighted by Crippen LogP contribution is 2.26. The van der Waals surface area contributed by atoms with Crippen LogP contribution in [0.2, 0.25) is 5.02 Å². The Balaban J connectivity index is 2.91. The van der Waals surface area contributed by atoms with Crippen molar-refractivity contribution in [2.75, 3.05) is 0 Å². The number of benzene rings is 1. The minimum atomic E-state index is -0.872. The predicted octanol–water partition coefficient (Wildman–Crippen LogP) is 3.54. The van der Waals surface area contributed by atoms with Crippen molar-refractivity contribution in [1.29, 1.82) is 0 Å². The zero-order chi connectivity index (χ0) is 14.6. The van der Waals surface area contributed by atoms with Crippen molar-refractivity contribution in [3.8, 4) is 0 Å². The number of nitro groups is 1. The topological polar surface area (TPSA) is 80.4 Å². The van der Waals surface area contributed by atoms with E-state index in [4.69, 9.17) is 16.7 Å². The summed E-state index contributed by atoms with van der Waals surface area (Å²) in [6.45, 7) is 3.90. The zero-order valence-electron chi connectivity index (χ0n) is 10.8. The predicted molar refractivity (Wildman–Crippen MR) is 72.4 cm³/mol. The molecule has 1 aromatic rings. The lowest BCUT2D eigenvalue weighted by Gasteiger charge is -2.15. The van der Waals surface area contributed by atoms with Gasteiger partial charge in [-0.05, 0) is 24.3 Å². The number of carboxylic acids is 1. The summed E-state index contributed by atoms with van der Waals surface area (Å²) >= 11 is 5.96. The van der Waals surface area contributed by atoms with Crippen LogP contribution in [0.1, 0.15) is 25.8 Å². The number of aliphatic carboxylic acids is 1. The number of rotatable bonds is 6. The third-order valence-corrected chi connectivity index (χ3v) is 3.17. The van der Waals surface area contributed by atoms with Gasteiger partial charge in [0.05, 0.1) is 15.9 Å². The van der Waals surface area contributed by atoms with Gasteiger partial charge in [-0.25, -0.2) is 0 Å². The number of carbonyl (C=O) groups is 1. The molecule has 1 N–H and O–H groups in total. The maximum Gasteiger partial charge on any atom is 0.306 e. The Bertz CT molecular complexity index is 488. The first kappa shape index (κ1) is 15.4. The SMILES string of the molecule is CC(C)CC(Cc1ccc([N+](=O)[O-])cc1Cl)C(=O)O. The van der Waals surface area contributed by atoms with Crippen molar-refractivity contribution in [1.82, 2.24) is 0 Å². The monoisotopic (exact) mass is 285 g/mol. The molecule has 0 amide bonds. The van der Waals surface area contributed by atoms with E-state index in [-0.39, 0.29) is 23.0 Å². The summed E-state index contributed by atoms with van der Waals surface area (Å²) in [7, 11) is 0. The molecule has 0 saturated heterocycles. The minimum Gasteiger partial charge on any atom is -0.481 e. The summed E-state index contributed by atoms with van der Waals surface area (Å²) < 4.78 is 0. The Labute approximate surface area is 116 Å². The molecule has 1 unspecified atom stereocenters. The fraction of sp³-hybridized carbons (Fsp3) is 0.462. The van der Waals surface area contributed by atoms with E-state index in [1.54, 1.807) is 0 Å². The van der Waals surface area contributed by atoms with Crippen molar-refractivity contribution in [3.05, 3.63) is 38.9 Å². The standard InChI is InChI=1S/C13H16ClNO4/c1-8(2)5-10(13(16)17)6-9-3-4-11(15(18)19)7-12(9)14/h3-4,7-8,10H,5-6H2,1-2H3,(H,16,17). The molecule has 0 aliphatic heterocycles. The first-order valence-electron chi connectivity index (χ1n) is 5.97. The molecule has 0 spiro atoms. The number of halogens is 1. The van der Waals surface area contributed by atoms with E-state index in [1.807, 2.05) is 13.8 Å². The number of nitrogens with zero attached hydrogens (tertiary/aromatic N) is 1. The second kappa shape index (κ2) is 6.52. The summed E-state index contributed by atoms with van der Waals surface area (Å²) in [5.41, 5.74) is 0.532. The maximum atomic E-state index is 11.2. The molecule has 5 nitrogen and oxygen atoms in total. The van der Waals surface area contributed by atoms with Crippen LogP contribution in [0, 0.1) is 22.0 Å². The van der Waals surface area contributed by atoms with E-state index >= 15 is 0 Å². The molecule has 0 bridgehead atoms. The second-order valence-electron chi connectivity index (χ2n) is 4.90. The van der Waals surface area contributed by atoms with Gasteiger partial charge in [0.15, 0.2) is 0 Å². The smallest absolute Gasteiger partial charge is 0.306 e. The first-order valence-corrected chi connectivity index (χ1v) is 6.34. The van der Waals surface area contributed by atoms with E-state index in [1.165, 1.54) is 18.2 Å². The van der Waals surface area contributed by atoms with Gasteiger partial charge in [0, 0.05) is 12.1 Å². The van der Waals surface area contributed by atoms with Crippen molar-refractivity contribution < 1.29 is 14.8 Å². The fourth-order valence-electron chi connectivity index (χ4n) is 1.92. The number of hydrogen-bond donors (Lipinski definition) is 1. The van der Waals surface area contributed by atoms with Crippen LogP contribution in [0.4, 0.5) is 5.69 Å². The van der Waals surface area contributed by atoms with Crippen LogP contribution in [-0.2, 0) is 11.2 Å². The highest BCUT2D eigenvalue weighted by atomic mass is 35.5. The molecule has 0 aliphatic carbocycles. The largest absolute Gasteiger partial charge is 0.481 e. The number of non-ortho nitro benzene ring substituents is 1. The van der Waals surface area contributed by atoms with Crippen molar-refractivity contribution >= 4 is 23.3 Å². The van der Waals surface area contributed by atoms with Crippen LogP contribution < -0.4 is 0 Å². The molecule has 0 fully saturated rings. The molecule has 0 radical (unpaired) electrons. The van der Waals surface area contributed by atoms with Crippen LogP contribution in [0.25, 0.3) is 0 Å². The summed E-state index contributed by atoms with van der Waals surface area (Å²) in [6, 6.07) is 4.12. The average molecular weight is 286 g/mol. The average Bonchev–Trinajstić information content (AvgIpc) is 2.29. The number of carboxylic acid groups (broad SMARTS) is 1. The third kappa shape index (κ3) is 4.52. The van der Waals surface area contributed by atoms with Gasteiger partial charge < -0.3 is 5.11 Å². The molecule has 0 aromatic heterocycles. The van der Waals surface area contributed by atoms with Gasteiger partial charge in [-0.2, -0.15) is 0 Å². The van der Waals surface area contributed by atoms with Crippen molar-refractivity contribution in [3.63, 3.8) is 0 Å².